The highest BCUT2D eigenvalue weighted by molar-refractivity contribution is 5.05. The van der Waals surface area contributed by atoms with Crippen LogP contribution in [0.1, 0.15) is 73.1 Å². The van der Waals surface area contributed by atoms with E-state index >= 15 is 0 Å². The molecule has 0 atom stereocenters. The molecule has 17 heavy (non-hydrogen) atoms. The first-order valence-electron chi connectivity index (χ1n) is 7.03. The van der Waals surface area contributed by atoms with Crippen LogP contribution in [0.5, 0.6) is 0 Å². The van der Waals surface area contributed by atoms with Gasteiger partial charge in [0.2, 0.25) is 0 Å². The summed E-state index contributed by atoms with van der Waals surface area (Å²) in [5.74, 6) is 0. The molecule has 0 N–H and O–H groups in total. The van der Waals surface area contributed by atoms with Crippen LogP contribution in [0.2, 0.25) is 0 Å². The smallest absolute Gasteiger partial charge is 0.0288 e. The maximum Gasteiger partial charge on any atom is -0.0288 e. The van der Waals surface area contributed by atoms with Crippen molar-refractivity contribution in [3.8, 4) is 0 Å². The summed E-state index contributed by atoms with van der Waals surface area (Å²) in [6.45, 7) is 11.1. The lowest BCUT2D eigenvalue weighted by Gasteiger charge is -2.01. The zero-order chi connectivity index (χ0) is 13.1. The van der Waals surface area contributed by atoms with Crippen molar-refractivity contribution in [1.82, 2.24) is 0 Å². The first kappa shape index (κ1) is 16.2. The van der Waals surface area contributed by atoms with Crippen LogP contribution < -0.4 is 0 Å². The second-order valence-electron chi connectivity index (χ2n) is 5.06. The Bertz CT molecular complexity index is 276. The van der Waals surface area contributed by atoms with Crippen molar-refractivity contribution in [2.75, 3.05) is 0 Å². The number of hydrogen-bond acceptors (Lipinski definition) is 0. The third kappa shape index (κ3) is 10.1. The molecule has 0 nitrogen and oxygen atoms in total. The molecule has 0 rings (SSSR count). The molecule has 0 amide bonds. The first-order chi connectivity index (χ1) is 8.10. The normalized spacial score (nSPS) is 14.3. The Morgan fingerprint density at radius 1 is 0.765 bits per heavy atom. The Labute approximate surface area is 109 Å². The van der Waals surface area contributed by atoms with E-state index in [1.807, 2.05) is 0 Å². The fourth-order valence-electron chi connectivity index (χ4n) is 1.84. The van der Waals surface area contributed by atoms with Crippen LogP contribution in [-0.2, 0) is 0 Å². The Hall–Kier alpha value is -0.780. The summed E-state index contributed by atoms with van der Waals surface area (Å²) in [6, 6.07) is 0. The molecule has 0 aliphatic carbocycles. The van der Waals surface area contributed by atoms with Gasteiger partial charge in [0.1, 0.15) is 0 Å². The fraction of sp³-hybridized carbons (Fsp3) is 0.647. The summed E-state index contributed by atoms with van der Waals surface area (Å²) < 4.78 is 0. The van der Waals surface area contributed by atoms with Crippen molar-refractivity contribution in [3.05, 3.63) is 34.9 Å². The van der Waals surface area contributed by atoms with Crippen LogP contribution in [0.3, 0.4) is 0 Å². The SMILES string of the molecule is C/C=C(\C)CC/C=C(\C)CC/C=C(\C)CCC. The summed E-state index contributed by atoms with van der Waals surface area (Å²) in [6.07, 6.45) is 14.3. The van der Waals surface area contributed by atoms with Gasteiger partial charge in [-0.15, -0.1) is 0 Å². The third-order valence-corrected chi connectivity index (χ3v) is 3.20. The van der Waals surface area contributed by atoms with Gasteiger partial charge in [0, 0.05) is 0 Å². The zero-order valence-corrected chi connectivity index (χ0v) is 12.5. The summed E-state index contributed by atoms with van der Waals surface area (Å²) in [5, 5.41) is 0. The van der Waals surface area contributed by atoms with Gasteiger partial charge < -0.3 is 0 Å². The highest BCUT2D eigenvalue weighted by Crippen LogP contribution is 2.12. The van der Waals surface area contributed by atoms with Crippen molar-refractivity contribution in [1.29, 1.82) is 0 Å². The molecular weight excluding hydrogens is 204 g/mol. The van der Waals surface area contributed by atoms with E-state index in [1.165, 1.54) is 49.7 Å². The molecule has 0 heterocycles. The third-order valence-electron chi connectivity index (χ3n) is 3.20. The molecule has 0 aromatic heterocycles. The van der Waals surface area contributed by atoms with Gasteiger partial charge in [-0.05, 0) is 59.8 Å². The summed E-state index contributed by atoms with van der Waals surface area (Å²) in [4.78, 5) is 0. The predicted octanol–water partition coefficient (Wildman–Crippen LogP) is 6.21. The predicted molar refractivity (Wildman–Crippen MR) is 80.3 cm³/mol. The van der Waals surface area contributed by atoms with E-state index in [-0.39, 0.29) is 0 Å². The Kier molecular flexibility index (Phi) is 9.90. The molecule has 0 radical (unpaired) electrons. The van der Waals surface area contributed by atoms with E-state index in [9.17, 15) is 0 Å². The molecule has 0 aliphatic rings. The van der Waals surface area contributed by atoms with Crippen molar-refractivity contribution in [3.63, 3.8) is 0 Å². The molecule has 0 saturated heterocycles. The molecular formula is C17H30. The van der Waals surface area contributed by atoms with E-state index in [0.29, 0.717) is 0 Å². The molecule has 0 aromatic carbocycles. The number of allylic oxidation sites excluding steroid dienone is 6. The maximum atomic E-state index is 2.40. The van der Waals surface area contributed by atoms with Gasteiger partial charge in [0.15, 0.2) is 0 Å². The monoisotopic (exact) mass is 234 g/mol. The van der Waals surface area contributed by atoms with Gasteiger partial charge in [-0.25, -0.2) is 0 Å². The molecule has 0 saturated carbocycles. The average Bonchev–Trinajstić information content (AvgIpc) is 2.29. The molecule has 0 heteroatoms. The molecule has 0 spiro atoms. The van der Waals surface area contributed by atoms with Crippen molar-refractivity contribution >= 4 is 0 Å². The first-order valence-corrected chi connectivity index (χ1v) is 7.03. The minimum absolute atomic E-state index is 1.19. The largest absolute Gasteiger partial charge is 0.0887 e. The van der Waals surface area contributed by atoms with Crippen molar-refractivity contribution in [2.45, 2.75) is 73.1 Å². The Morgan fingerprint density at radius 3 is 1.71 bits per heavy atom. The lowest BCUT2D eigenvalue weighted by atomic mass is 10.1. The topological polar surface area (TPSA) is 0 Å². The summed E-state index contributed by atoms with van der Waals surface area (Å²) in [5.41, 5.74) is 4.58. The quantitative estimate of drug-likeness (QED) is 0.438. The van der Waals surface area contributed by atoms with Gasteiger partial charge in [-0.3, -0.25) is 0 Å². The molecule has 0 fully saturated rings. The Balaban J connectivity index is 3.81. The lowest BCUT2D eigenvalue weighted by Crippen LogP contribution is -1.81. The molecule has 98 valence electrons. The van der Waals surface area contributed by atoms with E-state index in [4.69, 9.17) is 0 Å². The average molecular weight is 234 g/mol. The summed E-state index contributed by atoms with van der Waals surface area (Å²) >= 11 is 0. The fourth-order valence-corrected chi connectivity index (χ4v) is 1.84. The van der Waals surface area contributed by atoms with Crippen molar-refractivity contribution in [2.24, 2.45) is 0 Å². The van der Waals surface area contributed by atoms with Crippen molar-refractivity contribution < 1.29 is 0 Å². The number of hydrogen-bond donors (Lipinski definition) is 0. The van der Waals surface area contributed by atoms with Crippen LogP contribution in [0.25, 0.3) is 0 Å². The van der Waals surface area contributed by atoms with Crippen LogP contribution in [0.15, 0.2) is 34.9 Å². The van der Waals surface area contributed by atoms with Gasteiger partial charge >= 0.3 is 0 Å². The number of rotatable bonds is 8. The highest BCUT2D eigenvalue weighted by Gasteiger charge is 1.92. The Morgan fingerprint density at radius 2 is 1.24 bits per heavy atom. The van der Waals surface area contributed by atoms with Gasteiger partial charge in [-0.1, -0.05) is 48.3 Å². The standard InChI is InChI=1S/C17H30/c1-6-10-16(4)12-9-14-17(5)13-8-11-15(3)7-2/h7,12-13H,6,8-11,14H2,1-5H3/b15-7+,16-12+,17-13+. The second kappa shape index (κ2) is 10.4. The van der Waals surface area contributed by atoms with E-state index < -0.39 is 0 Å². The maximum absolute atomic E-state index is 2.40. The van der Waals surface area contributed by atoms with E-state index in [2.05, 4.69) is 52.8 Å². The van der Waals surface area contributed by atoms with Crippen LogP contribution >= 0.6 is 0 Å². The second-order valence-corrected chi connectivity index (χ2v) is 5.06. The van der Waals surface area contributed by atoms with E-state index in [1.54, 1.807) is 5.57 Å². The van der Waals surface area contributed by atoms with Gasteiger partial charge in [-0.2, -0.15) is 0 Å². The zero-order valence-electron chi connectivity index (χ0n) is 12.5. The minimum Gasteiger partial charge on any atom is -0.0887 e. The molecule has 0 unspecified atom stereocenters. The summed E-state index contributed by atoms with van der Waals surface area (Å²) in [7, 11) is 0. The van der Waals surface area contributed by atoms with Gasteiger partial charge in [0.05, 0.1) is 0 Å². The van der Waals surface area contributed by atoms with Crippen LogP contribution in [-0.4, -0.2) is 0 Å². The molecule has 0 bridgehead atoms. The minimum atomic E-state index is 1.19. The lowest BCUT2D eigenvalue weighted by molar-refractivity contribution is 0.875. The molecule has 0 aliphatic heterocycles. The van der Waals surface area contributed by atoms with E-state index in [0.717, 1.165) is 0 Å². The van der Waals surface area contributed by atoms with Crippen LogP contribution in [0.4, 0.5) is 0 Å². The van der Waals surface area contributed by atoms with Crippen LogP contribution in [0, 0.1) is 0 Å². The molecule has 0 aromatic rings. The highest BCUT2D eigenvalue weighted by atomic mass is 14.0. The van der Waals surface area contributed by atoms with Gasteiger partial charge in [0.25, 0.3) is 0 Å².